The maximum atomic E-state index is 6.25. The molecule has 88 valence electrons. The predicted octanol–water partition coefficient (Wildman–Crippen LogP) is 3.43. The van der Waals surface area contributed by atoms with Gasteiger partial charge in [0.15, 0.2) is 0 Å². The van der Waals surface area contributed by atoms with Crippen molar-refractivity contribution in [2.24, 2.45) is 11.7 Å². The number of nitrogens with two attached hydrogens (primary N) is 1. The maximum Gasteiger partial charge on any atom is 0.120 e. The van der Waals surface area contributed by atoms with Crippen LogP contribution in [0.15, 0.2) is 16.6 Å². The number of fused-ring (bicyclic) bond motifs is 1. The van der Waals surface area contributed by atoms with Crippen molar-refractivity contribution in [3.63, 3.8) is 0 Å². The summed E-state index contributed by atoms with van der Waals surface area (Å²) in [4.78, 5) is 0. The average Bonchev–Trinajstić information content (AvgIpc) is 2.39. The second-order valence-electron chi connectivity index (χ2n) is 4.66. The van der Waals surface area contributed by atoms with E-state index in [0.29, 0.717) is 5.92 Å². The summed E-state index contributed by atoms with van der Waals surface area (Å²) >= 11 is 3.62. The van der Waals surface area contributed by atoms with E-state index in [4.69, 9.17) is 10.5 Å². The molecule has 2 unspecified atom stereocenters. The highest BCUT2D eigenvalue weighted by molar-refractivity contribution is 9.10. The topological polar surface area (TPSA) is 35.2 Å². The number of methoxy groups -OCH3 is 1. The SMILES string of the molecule is COc1cc(Br)c2c(c1)C(N)CC(C)CC2. The van der Waals surface area contributed by atoms with Crippen molar-refractivity contribution in [2.75, 3.05) is 7.11 Å². The zero-order chi connectivity index (χ0) is 11.7. The third kappa shape index (κ3) is 2.25. The summed E-state index contributed by atoms with van der Waals surface area (Å²) in [5.74, 6) is 1.58. The quantitative estimate of drug-likeness (QED) is 0.802. The smallest absolute Gasteiger partial charge is 0.120 e. The molecular weight excluding hydrogens is 266 g/mol. The molecule has 0 saturated heterocycles. The van der Waals surface area contributed by atoms with Gasteiger partial charge in [-0.15, -0.1) is 0 Å². The molecule has 2 atom stereocenters. The largest absolute Gasteiger partial charge is 0.497 e. The molecule has 0 spiro atoms. The molecule has 0 aromatic heterocycles. The highest BCUT2D eigenvalue weighted by Gasteiger charge is 2.22. The van der Waals surface area contributed by atoms with Crippen molar-refractivity contribution in [1.29, 1.82) is 0 Å². The van der Waals surface area contributed by atoms with E-state index in [1.54, 1.807) is 7.11 Å². The van der Waals surface area contributed by atoms with Crippen LogP contribution in [0.25, 0.3) is 0 Å². The first-order chi connectivity index (χ1) is 7.61. The van der Waals surface area contributed by atoms with Crippen LogP contribution in [0.1, 0.15) is 36.9 Å². The van der Waals surface area contributed by atoms with Gasteiger partial charge in [0.1, 0.15) is 5.75 Å². The van der Waals surface area contributed by atoms with Crippen molar-refractivity contribution >= 4 is 15.9 Å². The fraction of sp³-hybridized carbons (Fsp3) is 0.538. The summed E-state index contributed by atoms with van der Waals surface area (Å²) < 4.78 is 6.42. The summed E-state index contributed by atoms with van der Waals surface area (Å²) in [6, 6.07) is 4.25. The minimum atomic E-state index is 0.138. The van der Waals surface area contributed by atoms with Gasteiger partial charge in [-0.3, -0.25) is 0 Å². The minimum absolute atomic E-state index is 0.138. The van der Waals surface area contributed by atoms with Crippen LogP contribution in [0.2, 0.25) is 0 Å². The fourth-order valence-electron chi connectivity index (χ4n) is 2.41. The van der Waals surface area contributed by atoms with Gasteiger partial charge >= 0.3 is 0 Å². The van der Waals surface area contributed by atoms with Gasteiger partial charge in [-0.1, -0.05) is 22.9 Å². The van der Waals surface area contributed by atoms with Gasteiger partial charge in [0, 0.05) is 10.5 Å². The average molecular weight is 284 g/mol. The van der Waals surface area contributed by atoms with Gasteiger partial charge in [-0.05, 0) is 48.4 Å². The normalized spacial score (nSPS) is 24.8. The Labute approximate surface area is 105 Å². The minimum Gasteiger partial charge on any atom is -0.497 e. The lowest BCUT2D eigenvalue weighted by atomic mass is 9.98. The molecule has 0 heterocycles. The molecule has 0 fully saturated rings. The second kappa shape index (κ2) is 4.76. The Kier molecular flexibility index (Phi) is 3.55. The first-order valence-corrected chi connectivity index (χ1v) is 6.53. The molecule has 2 nitrogen and oxygen atoms in total. The van der Waals surface area contributed by atoms with Crippen molar-refractivity contribution in [2.45, 2.75) is 32.2 Å². The number of benzene rings is 1. The van der Waals surface area contributed by atoms with Crippen LogP contribution in [-0.2, 0) is 6.42 Å². The number of halogens is 1. The number of hydrogen-bond donors (Lipinski definition) is 1. The highest BCUT2D eigenvalue weighted by Crippen LogP contribution is 2.36. The van der Waals surface area contributed by atoms with Crippen LogP contribution in [0, 0.1) is 5.92 Å². The number of rotatable bonds is 1. The monoisotopic (exact) mass is 283 g/mol. The molecular formula is C13H18BrNO. The van der Waals surface area contributed by atoms with Crippen molar-refractivity contribution in [1.82, 2.24) is 0 Å². The summed E-state index contributed by atoms with van der Waals surface area (Å²) in [5, 5.41) is 0. The van der Waals surface area contributed by atoms with Gasteiger partial charge in [0.25, 0.3) is 0 Å². The summed E-state index contributed by atoms with van der Waals surface area (Å²) in [5.41, 5.74) is 8.86. The van der Waals surface area contributed by atoms with Gasteiger partial charge in [-0.25, -0.2) is 0 Å². The molecule has 0 radical (unpaired) electrons. The molecule has 0 amide bonds. The lowest BCUT2D eigenvalue weighted by molar-refractivity contribution is 0.412. The summed E-state index contributed by atoms with van der Waals surface area (Å²) in [6.07, 6.45) is 3.38. The van der Waals surface area contributed by atoms with Gasteiger partial charge in [0.05, 0.1) is 7.11 Å². The van der Waals surface area contributed by atoms with Gasteiger partial charge < -0.3 is 10.5 Å². The second-order valence-corrected chi connectivity index (χ2v) is 5.52. The fourth-order valence-corrected chi connectivity index (χ4v) is 3.07. The first kappa shape index (κ1) is 11.9. The standard InChI is InChI=1S/C13H18BrNO/c1-8-3-4-10-11(13(15)5-8)6-9(16-2)7-12(10)14/h6-8,13H,3-5,15H2,1-2H3. The molecule has 1 aliphatic carbocycles. The van der Waals surface area contributed by atoms with Crippen molar-refractivity contribution < 1.29 is 4.74 Å². The van der Waals surface area contributed by atoms with Crippen LogP contribution in [0.3, 0.4) is 0 Å². The van der Waals surface area contributed by atoms with E-state index in [1.807, 2.05) is 6.07 Å². The van der Waals surface area contributed by atoms with E-state index in [9.17, 15) is 0 Å². The zero-order valence-corrected chi connectivity index (χ0v) is 11.4. The zero-order valence-electron chi connectivity index (χ0n) is 9.79. The van der Waals surface area contributed by atoms with E-state index in [1.165, 1.54) is 17.5 Å². The Morgan fingerprint density at radius 3 is 2.88 bits per heavy atom. The summed E-state index contributed by atoms with van der Waals surface area (Å²) in [6.45, 7) is 2.27. The maximum absolute atomic E-state index is 6.25. The van der Waals surface area contributed by atoms with Gasteiger partial charge in [-0.2, -0.15) is 0 Å². The van der Waals surface area contributed by atoms with E-state index >= 15 is 0 Å². The number of ether oxygens (including phenoxy) is 1. The van der Waals surface area contributed by atoms with E-state index in [-0.39, 0.29) is 6.04 Å². The Bertz CT molecular complexity index is 392. The first-order valence-electron chi connectivity index (χ1n) is 5.73. The molecule has 0 aliphatic heterocycles. The molecule has 16 heavy (non-hydrogen) atoms. The lowest BCUT2D eigenvalue weighted by Gasteiger charge is -2.16. The van der Waals surface area contributed by atoms with Crippen LogP contribution in [0.5, 0.6) is 5.75 Å². The predicted molar refractivity (Wildman–Crippen MR) is 69.7 cm³/mol. The van der Waals surface area contributed by atoms with Crippen LogP contribution in [-0.4, -0.2) is 7.11 Å². The van der Waals surface area contributed by atoms with E-state index < -0.39 is 0 Å². The molecule has 2 N–H and O–H groups in total. The van der Waals surface area contributed by atoms with Crippen LogP contribution < -0.4 is 10.5 Å². The molecule has 2 rings (SSSR count). The van der Waals surface area contributed by atoms with E-state index in [0.717, 1.165) is 23.1 Å². The number of hydrogen-bond acceptors (Lipinski definition) is 2. The Balaban J connectivity index is 2.47. The van der Waals surface area contributed by atoms with Crippen molar-refractivity contribution in [3.8, 4) is 5.75 Å². The Morgan fingerprint density at radius 2 is 2.19 bits per heavy atom. The molecule has 3 heteroatoms. The van der Waals surface area contributed by atoms with E-state index in [2.05, 4.69) is 28.9 Å². The molecule has 1 aromatic carbocycles. The molecule has 1 aromatic rings. The van der Waals surface area contributed by atoms with Crippen LogP contribution >= 0.6 is 15.9 Å². The summed E-state index contributed by atoms with van der Waals surface area (Å²) in [7, 11) is 1.69. The third-order valence-corrected chi connectivity index (χ3v) is 4.09. The third-order valence-electron chi connectivity index (χ3n) is 3.38. The Hall–Kier alpha value is -0.540. The Morgan fingerprint density at radius 1 is 1.44 bits per heavy atom. The molecule has 1 aliphatic rings. The van der Waals surface area contributed by atoms with Crippen LogP contribution in [0.4, 0.5) is 0 Å². The van der Waals surface area contributed by atoms with Crippen molar-refractivity contribution in [3.05, 3.63) is 27.7 Å². The molecule has 0 bridgehead atoms. The van der Waals surface area contributed by atoms with Gasteiger partial charge in [0.2, 0.25) is 0 Å². The highest BCUT2D eigenvalue weighted by atomic mass is 79.9. The lowest BCUT2D eigenvalue weighted by Crippen LogP contribution is -2.13. The molecule has 0 saturated carbocycles.